The topological polar surface area (TPSA) is 106 Å². The van der Waals surface area contributed by atoms with Gasteiger partial charge in [-0.2, -0.15) is 0 Å². The number of carbonyl (C=O) groups is 1. The quantitative estimate of drug-likeness (QED) is 0.320. The van der Waals surface area contributed by atoms with Crippen molar-refractivity contribution < 1.29 is 17.9 Å². The van der Waals surface area contributed by atoms with E-state index in [1.165, 1.54) is 43.0 Å². The minimum Gasteiger partial charge on any atom is -0.497 e. The highest BCUT2D eigenvalue weighted by Gasteiger charge is 2.22. The molecule has 1 aliphatic rings. The van der Waals surface area contributed by atoms with Crippen molar-refractivity contribution in [2.75, 3.05) is 27.0 Å². The summed E-state index contributed by atoms with van der Waals surface area (Å²) in [5.74, 6) is 1.30. The van der Waals surface area contributed by atoms with Crippen LogP contribution in [0.25, 0.3) is 17.1 Å². The number of benzene rings is 2. The summed E-state index contributed by atoms with van der Waals surface area (Å²) in [4.78, 5) is 12.9. The lowest BCUT2D eigenvalue weighted by Crippen LogP contribution is -2.35. The SMILES string of the molecule is COc1cccc(-n2c(SCC(=O)NC3CCCCCC3)nnc2-c2cccc(S(=O)(=O)N(C)C)c2)c1. The first-order valence-corrected chi connectivity index (χ1v) is 14.8. The summed E-state index contributed by atoms with van der Waals surface area (Å²) < 4.78 is 33.9. The molecule has 0 atom stereocenters. The molecule has 0 radical (unpaired) electrons. The van der Waals surface area contributed by atoms with Crippen molar-refractivity contribution in [3.8, 4) is 22.8 Å². The van der Waals surface area contributed by atoms with Crippen LogP contribution in [-0.2, 0) is 14.8 Å². The molecular weight excluding hydrogens is 510 g/mol. The Morgan fingerprint density at radius 3 is 2.51 bits per heavy atom. The van der Waals surface area contributed by atoms with Crippen molar-refractivity contribution in [1.82, 2.24) is 24.4 Å². The van der Waals surface area contributed by atoms with Crippen molar-refractivity contribution in [3.63, 3.8) is 0 Å². The summed E-state index contributed by atoms with van der Waals surface area (Å²) in [7, 11) is 0.955. The van der Waals surface area contributed by atoms with Crippen LogP contribution in [0.1, 0.15) is 38.5 Å². The van der Waals surface area contributed by atoms with Gasteiger partial charge in [0.25, 0.3) is 0 Å². The molecule has 9 nitrogen and oxygen atoms in total. The standard InChI is InChI=1S/C26H33N5O4S2/c1-30(2)37(33,34)23-15-8-10-19(16-23)25-28-29-26(31(25)21-13-9-14-22(17-21)35-3)36-18-24(32)27-20-11-6-4-5-7-12-20/h8-10,13-17,20H,4-7,11-12,18H2,1-3H3,(H,27,32). The molecule has 198 valence electrons. The minimum absolute atomic E-state index is 0.0299. The van der Waals surface area contributed by atoms with Gasteiger partial charge >= 0.3 is 0 Å². The van der Waals surface area contributed by atoms with Gasteiger partial charge in [-0.15, -0.1) is 10.2 Å². The first kappa shape index (κ1) is 27.2. The van der Waals surface area contributed by atoms with Crippen LogP contribution >= 0.6 is 11.8 Å². The molecule has 1 saturated carbocycles. The molecule has 37 heavy (non-hydrogen) atoms. The maximum Gasteiger partial charge on any atom is 0.242 e. The Morgan fingerprint density at radius 1 is 1.08 bits per heavy atom. The van der Waals surface area contributed by atoms with E-state index in [1.54, 1.807) is 31.4 Å². The highest BCUT2D eigenvalue weighted by Crippen LogP contribution is 2.31. The first-order chi connectivity index (χ1) is 17.8. The van der Waals surface area contributed by atoms with E-state index in [-0.39, 0.29) is 22.6 Å². The number of rotatable bonds is 9. The van der Waals surface area contributed by atoms with E-state index in [9.17, 15) is 13.2 Å². The minimum atomic E-state index is -3.63. The van der Waals surface area contributed by atoms with Crippen molar-refractivity contribution in [2.45, 2.75) is 54.6 Å². The number of nitrogens with zero attached hydrogens (tertiary/aromatic N) is 4. The molecule has 1 aromatic heterocycles. The largest absolute Gasteiger partial charge is 0.497 e. The number of amides is 1. The molecule has 1 heterocycles. The number of carbonyl (C=O) groups excluding carboxylic acids is 1. The van der Waals surface area contributed by atoms with Crippen LogP contribution in [0.5, 0.6) is 5.75 Å². The molecule has 1 fully saturated rings. The summed E-state index contributed by atoms with van der Waals surface area (Å²) in [5, 5.41) is 12.5. The van der Waals surface area contributed by atoms with Gasteiger partial charge in [0, 0.05) is 31.8 Å². The van der Waals surface area contributed by atoms with Gasteiger partial charge < -0.3 is 10.1 Å². The Labute approximate surface area is 222 Å². The van der Waals surface area contributed by atoms with Crippen molar-refractivity contribution in [3.05, 3.63) is 48.5 Å². The summed E-state index contributed by atoms with van der Waals surface area (Å²) in [6, 6.07) is 14.3. The second-order valence-corrected chi connectivity index (χ2v) is 12.3. The van der Waals surface area contributed by atoms with Gasteiger partial charge in [-0.25, -0.2) is 12.7 Å². The molecular formula is C26H33N5O4S2. The van der Waals surface area contributed by atoms with Crippen LogP contribution in [0.15, 0.2) is 58.6 Å². The molecule has 0 spiro atoms. The van der Waals surface area contributed by atoms with E-state index in [2.05, 4.69) is 15.5 Å². The molecule has 3 aromatic rings. The van der Waals surface area contributed by atoms with Gasteiger partial charge in [-0.05, 0) is 37.1 Å². The van der Waals surface area contributed by atoms with Gasteiger partial charge in [-0.3, -0.25) is 9.36 Å². The lowest BCUT2D eigenvalue weighted by molar-refractivity contribution is -0.119. The van der Waals surface area contributed by atoms with Gasteiger partial charge in [0.15, 0.2) is 11.0 Å². The fourth-order valence-corrected chi connectivity index (χ4v) is 6.07. The number of hydrogen-bond acceptors (Lipinski definition) is 7. The van der Waals surface area contributed by atoms with Crippen LogP contribution in [0.4, 0.5) is 0 Å². The zero-order valence-corrected chi connectivity index (χ0v) is 23.0. The Bertz CT molecular complexity index is 1330. The molecule has 0 saturated heterocycles. The maximum atomic E-state index is 12.8. The predicted octanol–water partition coefficient (Wildman–Crippen LogP) is 4.12. The number of methoxy groups -OCH3 is 1. The van der Waals surface area contributed by atoms with E-state index in [0.717, 1.165) is 31.4 Å². The van der Waals surface area contributed by atoms with Crippen molar-refractivity contribution in [1.29, 1.82) is 0 Å². The number of nitrogens with one attached hydrogen (secondary N) is 1. The number of ether oxygens (including phenoxy) is 1. The summed E-state index contributed by atoms with van der Waals surface area (Å²) in [6.07, 6.45) is 6.79. The number of aromatic nitrogens is 3. The van der Waals surface area contributed by atoms with Gasteiger partial charge in [0.05, 0.1) is 23.4 Å². The van der Waals surface area contributed by atoms with Crippen molar-refractivity contribution >= 4 is 27.7 Å². The molecule has 4 rings (SSSR count). The van der Waals surface area contributed by atoms with Crippen LogP contribution in [-0.4, -0.2) is 66.4 Å². The molecule has 11 heteroatoms. The van der Waals surface area contributed by atoms with Crippen LogP contribution in [0.3, 0.4) is 0 Å². The van der Waals surface area contributed by atoms with Gasteiger partial charge in [0.2, 0.25) is 15.9 Å². The highest BCUT2D eigenvalue weighted by atomic mass is 32.2. The smallest absolute Gasteiger partial charge is 0.242 e. The Morgan fingerprint density at radius 2 is 1.81 bits per heavy atom. The Hall–Kier alpha value is -2.89. The summed E-state index contributed by atoms with van der Waals surface area (Å²) in [6.45, 7) is 0. The molecule has 1 N–H and O–H groups in total. The zero-order valence-electron chi connectivity index (χ0n) is 21.4. The van der Waals surface area contributed by atoms with E-state index >= 15 is 0 Å². The van der Waals surface area contributed by atoms with Gasteiger partial charge in [-0.1, -0.05) is 55.6 Å². The summed E-state index contributed by atoms with van der Waals surface area (Å²) >= 11 is 1.30. The Balaban J connectivity index is 1.65. The normalized spacial score (nSPS) is 14.9. The van der Waals surface area contributed by atoms with E-state index in [1.807, 2.05) is 28.8 Å². The molecule has 1 aliphatic carbocycles. The second-order valence-electron chi connectivity index (χ2n) is 9.20. The van der Waals surface area contributed by atoms with Crippen LogP contribution in [0, 0.1) is 0 Å². The molecule has 2 aromatic carbocycles. The number of thioether (sulfide) groups is 1. The van der Waals surface area contributed by atoms with Crippen LogP contribution < -0.4 is 10.1 Å². The fraction of sp³-hybridized carbons (Fsp3) is 0.423. The third-order valence-corrected chi connectivity index (χ3v) is 9.11. The predicted molar refractivity (Wildman–Crippen MR) is 145 cm³/mol. The van der Waals surface area contributed by atoms with E-state index in [0.29, 0.717) is 22.3 Å². The average Bonchev–Trinajstić information content (AvgIpc) is 3.16. The maximum absolute atomic E-state index is 12.8. The second kappa shape index (κ2) is 12.1. The van der Waals surface area contributed by atoms with Crippen molar-refractivity contribution in [2.24, 2.45) is 0 Å². The molecule has 0 aliphatic heterocycles. The third-order valence-electron chi connectivity index (χ3n) is 6.37. The van der Waals surface area contributed by atoms with E-state index in [4.69, 9.17) is 4.74 Å². The van der Waals surface area contributed by atoms with Gasteiger partial charge in [0.1, 0.15) is 5.75 Å². The summed E-state index contributed by atoms with van der Waals surface area (Å²) in [5.41, 5.74) is 1.33. The molecule has 0 bridgehead atoms. The lowest BCUT2D eigenvalue weighted by Gasteiger charge is -2.16. The molecule has 1 amide bonds. The van der Waals surface area contributed by atoms with Crippen LogP contribution in [0.2, 0.25) is 0 Å². The highest BCUT2D eigenvalue weighted by molar-refractivity contribution is 7.99. The third kappa shape index (κ3) is 6.52. The lowest BCUT2D eigenvalue weighted by atomic mass is 10.1. The molecule has 0 unspecified atom stereocenters. The monoisotopic (exact) mass is 543 g/mol. The number of sulfonamides is 1. The first-order valence-electron chi connectivity index (χ1n) is 12.3. The number of hydrogen-bond donors (Lipinski definition) is 1. The Kier molecular flexibility index (Phi) is 8.88. The fourth-order valence-electron chi connectivity index (χ4n) is 4.36. The van der Waals surface area contributed by atoms with E-state index < -0.39 is 10.0 Å². The zero-order chi connectivity index (χ0) is 26.4. The average molecular weight is 544 g/mol.